The second-order valence-electron chi connectivity index (χ2n) is 9.22. The maximum absolute atomic E-state index is 13.0. The Morgan fingerprint density at radius 1 is 1.23 bits per heavy atom. The number of amides is 1. The van der Waals surface area contributed by atoms with Crippen molar-refractivity contribution < 1.29 is 9.90 Å². The molecule has 8 nitrogen and oxygen atoms in total. The Bertz CT molecular complexity index is 1110. The molecule has 0 saturated carbocycles. The Balaban J connectivity index is 1.59. The van der Waals surface area contributed by atoms with Crippen LogP contribution in [0.1, 0.15) is 46.0 Å². The van der Waals surface area contributed by atoms with Crippen molar-refractivity contribution in [3.63, 3.8) is 0 Å². The first kappa shape index (κ1) is 26.6. The summed E-state index contributed by atoms with van der Waals surface area (Å²) in [4.78, 5) is 32.0. The van der Waals surface area contributed by atoms with E-state index in [2.05, 4.69) is 34.7 Å². The van der Waals surface area contributed by atoms with E-state index in [1.54, 1.807) is 6.07 Å². The smallest absolute Gasteiger partial charge is 0.261 e. The van der Waals surface area contributed by atoms with Crippen molar-refractivity contribution in [3.8, 4) is 0 Å². The Morgan fingerprint density at radius 3 is 2.69 bits per heavy atom. The molecule has 35 heavy (non-hydrogen) atoms. The zero-order valence-electron chi connectivity index (χ0n) is 21.2. The van der Waals surface area contributed by atoms with Gasteiger partial charge >= 0.3 is 0 Å². The minimum absolute atomic E-state index is 0.111. The average Bonchev–Trinajstić information content (AvgIpc) is 2.86. The van der Waals surface area contributed by atoms with E-state index in [0.29, 0.717) is 43.3 Å². The Kier molecular flexibility index (Phi) is 9.63. The van der Waals surface area contributed by atoms with Crippen molar-refractivity contribution in [2.24, 2.45) is 0 Å². The summed E-state index contributed by atoms with van der Waals surface area (Å²) in [5, 5.41) is 18.1. The number of carbonyl (C=O) groups is 1. The summed E-state index contributed by atoms with van der Waals surface area (Å²) < 4.78 is 1.49. The van der Waals surface area contributed by atoms with Crippen LogP contribution in [-0.2, 0) is 11.3 Å². The Labute approximate surface area is 207 Å². The fraction of sp³-hybridized carbons (Fsp3) is 0.519. The summed E-state index contributed by atoms with van der Waals surface area (Å²) in [5.74, 6) is 0.111. The number of anilines is 1. The van der Waals surface area contributed by atoms with Gasteiger partial charge in [-0.05, 0) is 57.9 Å². The maximum atomic E-state index is 13.0. The number of nitrogens with one attached hydrogen (secondary N) is 2. The predicted molar refractivity (Wildman–Crippen MR) is 142 cm³/mol. The normalized spacial score (nSPS) is 16.2. The second-order valence-corrected chi connectivity index (χ2v) is 9.22. The number of likely N-dealkylation sites (N-methyl/N-ethyl adjacent to an activating group) is 1. The molecule has 1 amide bonds. The number of hydrogen-bond acceptors (Lipinski definition) is 6. The SMILES string of the molecule is C/C=C(\C=C/CC)CCC(=O)N1CCC(O)(Cn2cnc3cc(NCCNC)ccc3c2=O)CC1. The number of piperidine rings is 1. The first-order valence-electron chi connectivity index (χ1n) is 12.6. The third kappa shape index (κ3) is 7.26. The fourth-order valence-corrected chi connectivity index (χ4v) is 4.36. The Morgan fingerprint density at radius 2 is 2.00 bits per heavy atom. The molecule has 190 valence electrons. The highest BCUT2D eigenvalue weighted by Crippen LogP contribution is 2.25. The van der Waals surface area contributed by atoms with Crippen LogP contribution in [-0.4, -0.2) is 64.3 Å². The number of fused-ring (bicyclic) bond motifs is 1. The van der Waals surface area contributed by atoms with Crippen molar-refractivity contribution in [2.45, 2.75) is 58.1 Å². The number of allylic oxidation sites excluding steroid dienone is 4. The van der Waals surface area contributed by atoms with Gasteiger partial charge < -0.3 is 20.6 Å². The summed E-state index contributed by atoms with van der Waals surface area (Å²) in [6.07, 6.45) is 10.8. The summed E-state index contributed by atoms with van der Waals surface area (Å²) >= 11 is 0. The summed E-state index contributed by atoms with van der Waals surface area (Å²) in [6.45, 7) is 6.84. The van der Waals surface area contributed by atoms with Crippen molar-refractivity contribution >= 4 is 22.5 Å². The van der Waals surface area contributed by atoms with Crippen LogP contribution in [0.25, 0.3) is 10.9 Å². The molecule has 3 rings (SSSR count). The van der Waals surface area contributed by atoms with Crippen LogP contribution in [0.15, 0.2) is 53.1 Å². The second kappa shape index (κ2) is 12.7. The van der Waals surface area contributed by atoms with Crippen LogP contribution < -0.4 is 16.2 Å². The van der Waals surface area contributed by atoms with Gasteiger partial charge in [0, 0.05) is 38.3 Å². The quantitative estimate of drug-likeness (QED) is 0.337. The Hall–Kier alpha value is -2.97. The largest absolute Gasteiger partial charge is 0.388 e. The van der Waals surface area contributed by atoms with Gasteiger partial charge in [0.05, 0.1) is 29.4 Å². The topological polar surface area (TPSA) is 99.5 Å². The highest BCUT2D eigenvalue weighted by Gasteiger charge is 2.34. The standard InChI is InChI=1S/C27H39N5O3/c1-4-6-7-21(5-2)8-11-25(33)31-16-12-27(35,13-17-31)19-32-20-30-24-18-22(29-15-14-28-3)9-10-23(24)26(32)34/h5-7,9-10,18,20,28-29,35H,4,8,11-17,19H2,1-3H3/b7-6-,21-5+. The molecule has 2 heterocycles. The number of aromatic nitrogens is 2. The van der Waals surface area contributed by atoms with Crippen LogP contribution in [0, 0.1) is 0 Å². The van der Waals surface area contributed by atoms with Crippen molar-refractivity contribution in [3.05, 3.63) is 58.7 Å². The average molecular weight is 482 g/mol. The van der Waals surface area contributed by atoms with E-state index < -0.39 is 5.60 Å². The van der Waals surface area contributed by atoms with Gasteiger partial charge in [-0.2, -0.15) is 0 Å². The van der Waals surface area contributed by atoms with Gasteiger partial charge in [-0.25, -0.2) is 4.98 Å². The molecule has 0 spiro atoms. The van der Waals surface area contributed by atoms with E-state index >= 15 is 0 Å². The lowest BCUT2D eigenvalue weighted by Gasteiger charge is -2.38. The predicted octanol–water partition coefficient (Wildman–Crippen LogP) is 3.07. The third-order valence-corrected chi connectivity index (χ3v) is 6.61. The lowest BCUT2D eigenvalue weighted by Crippen LogP contribution is -2.49. The molecule has 1 aromatic heterocycles. The molecule has 0 bridgehead atoms. The molecule has 8 heteroatoms. The monoisotopic (exact) mass is 481 g/mol. The van der Waals surface area contributed by atoms with Gasteiger partial charge in [-0.3, -0.25) is 14.2 Å². The molecule has 3 N–H and O–H groups in total. The van der Waals surface area contributed by atoms with Gasteiger partial charge in [0.15, 0.2) is 0 Å². The number of benzene rings is 1. The molecule has 0 unspecified atom stereocenters. The van der Waals surface area contributed by atoms with Crippen LogP contribution in [0.4, 0.5) is 5.69 Å². The van der Waals surface area contributed by atoms with E-state index in [0.717, 1.165) is 37.2 Å². The number of carbonyl (C=O) groups excluding carboxylic acids is 1. The first-order valence-corrected chi connectivity index (χ1v) is 12.6. The van der Waals surface area contributed by atoms with Crippen LogP contribution in [0.5, 0.6) is 0 Å². The van der Waals surface area contributed by atoms with Gasteiger partial charge in [0.25, 0.3) is 5.56 Å². The number of aliphatic hydroxyl groups is 1. The van der Waals surface area contributed by atoms with Gasteiger partial charge in [-0.1, -0.05) is 30.7 Å². The highest BCUT2D eigenvalue weighted by atomic mass is 16.3. The maximum Gasteiger partial charge on any atom is 0.261 e. The summed E-state index contributed by atoms with van der Waals surface area (Å²) in [7, 11) is 1.90. The van der Waals surface area contributed by atoms with Gasteiger partial charge in [-0.15, -0.1) is 0 Å². The van der Waals surface area contributed by atoms with E-state index in [1.165, 1.54) is 10.9 Å². The van der Waals surface area contributed by atoms with Gasteiger partial charge in [0.1, 0.15) is 0 Å². The molecule has 2 aromatic rings. The highest BCUT2D eigenvalue weighted by molar-refractivity contribution is 5.81. The number of likely N-dealkylation sites (tertiary alicyclic amines) is 1. The zero-order chi connectivity index (χ0) is 25.3. The van der Waals surface area contributed by atoms with E-state index in [1.807, 2.05) is 37.1 Å². The molecule has 1 aliphatic heterocycles. The molecule has 0 atom stereocenters. The lowest BCUT2D eigenvalue weighted by atomic mass is 9.91. The zero-order valence-corrected chi connectivity index (χ0v) is 21.2. The molecule has 1 aromatic carbocycles. The summed E-state index contributed by atoms with van der Waals surface area (Å²) in [6, 6.07) is 5.52. The fourth-order valence-electron chi connectivity index (χ4n) is 4.36. The third-order valence-electron chi connectivity index (χ3n) is 6.61. The minimum Gasteiger partial charge on any atom is -0.388 e. The molecular weight excluding hydrogens is 442 g/mol. The van der Waals surface area contributed by atoms with Gasteiger partial charge in [0.2, 0.25) is 5.91 Å². The van der Waals surface area contributed by atoms with Crippen LogP contribution >= 0.6 is 0 Å². The first-order chi connectivity index (χ1) is 16.9. The lowest BCUT2D eigenvalue weighted by molar-refractivity contribution is -0.135. The van der Waals surface area contributed by atoms with Crippen molar-refractivity contribution in [1.82, 2.24) is 19.8 Å². The molecule has 0 radical (unpaired) electrons. The molecule has 1 fully saturated rings. The number of hydrogen-bond donors (Lipinski definition) is 3. The van der Waals surface area contributed by atoms with Crippen LogP contribution in [0.3, 0.4) is 0 Å². The number of rotatable bonds is 11. The molecule has 1 saturated heterocycles. The molecule has 0 aliphatic carbocycles. The van der Waals surface area contributed by atoms with Crippen LogP contribution in [0.2, 0.25) is 0 Å². The van der Waals surface area contributed by atoms with E-state index in [4.69, 9.17) is 0 Å². The molecule has 1 aliphatic rings. The summed E-state index contributed by atoms with van der Waals surface area (Å²) in [5.41, 5.74) is 1.50. The van der Waals surface area contributed by atoms with E-state index in [9.17, 15) is 14.7 Å². The number of nitrogens with zero attached hydrogens (tertiary/aromatic N) is 3. The van der Waals surface area contributed by atoms with Crippen molar-refractivity contribution in [2.75, 3.05) is 38.5 Å². The van der Waals surface area contributed by atoms with Crippen molar-refractivity contribution in [1.29, 1.82) is 0 Å². The van der Waals surface area contributed by atoms with E-state index in [-0.39, 0.29) is 18.0 Å². The molecular formula is C27H39N5O3. The minimum atomic E-state index is -1.04.